The van der Waals surface area contributed by atoms with Crippen LogP contribution in [0, 0.1) is 18.3 Å². The van der Waals surface area contributed by atoms with Crippen LogP contribution in [0.15, 0.2) is 59.7 Å². The number of benzene rings is 2. The number of aliphatic imine (C=N–C) groups is 1. The molecule has 3 aromatic rings. The summed E-state index contributed by atoms with van der Waals surface area (Å²) >= 11 is 5.89. The summed E-state index contributed by atoms with van der Waals surface area (Å²) in [5, 5.41) is 5.88. The normalized spacial score (nSPS) is 13.3. The number of carbonyl (C=O) groups is 3. The van der Waals surface area contributed by atoms with Gasteiger partial charge in [0.2, 0.25) is 0 Å². The van der Waals surface area contributed by atoms with E-state index in [9.17, 15) is 14.4 Å². The highest BCUT2D eigenvalue weighted by molar-refractivity contribution is 6.30. The zero-order valence-corrected chi connectivity index (χ0v) is 24.0. The average Bonchev–Trinajstić information content (AvgIpc) is 3.01. The standard InChI is InChI=1S/C31H30ClN5O5/c1-4-20-16-25(30(39)35-27-11-8-23(32)18-33-27)28(26(17-20)41-3)36-29(38)21-6-9-24(10-7-21)34-19-37-14-12-22(13-15-37)31(40)42-5-2/h1,6-11,16-19,22H,5,12-15H2,2-3H3,(H,36,38)(H,33,35,39). The average molecular weight is 588 g/mol. The Balaban J connectivity index is 1.45. The molecule has 0 saturated carbocycles. The first-order valence-corrected chi connectivity index (χ1v) is 13.7. The first kappa shape index (κ1) is 30.1. The number of pyridine rings is 1. The molecule has 2 heterocycles. The van der Waals surface area contributed by atoms with Crippen molar-refractivity contribution in [2.45, 2.75) is 19.8 Å². The summed E-state index contributed by atoms with van der Waals surface area (Å²) in [6, 6.07) is 12.9. The van der Waals surface area contributed by atoms with E-state index in [0.717, 1.165) is 0 Å². The van der Waals surface area contributed by atoms with Gasteiger partial charge in [0, 0.05) is 30.4 Å². The summed E-state index contributed by atoms with van der Waals surface area (Å²) in [6.45, 7) is 3.61. The second-order valence-electron chi connectivity index (χ2n) is 9.37. The Morgan fingerprint density at radius 1 is 1.12 bits per heavy atom. The minimum atomic E-state index is -0.550. The van der Waals surface area contributed by atoms with E-state index in [4.69, 9.17) is 27.5 Å². The van der Waals surface area contributed by atoms with E-state index in [1.54, 1.807) is 55.7 Å². The van der Waals surface area contributed by atoms with Crippen LogP contribution >= 0.6 is 11.6 Å². The molecule has 1 aliphatic heterocycles. The number of hydrogen-bond acceptors (Lipinski definition) is 7. The van der Waals surface area contributed by atoms with Crippen molar-refractivity contribution in [3.8, 4) is 18.1 Å². The predicted molar refractivity (Wildman–Crippen MR) is 162 cm³/mol. The number of methoxy groups -OCH3 is 1. The van der Waals surface area contributed by atoms with Crippen molar-refractivity contribution in [2.75, 3.05) is 37.4 Å². The molecule has 11 heteroatoms. The van der Waals surface area contributed by atoms with Crippen LogP contribution in [0.25, 0.3) is 0 Å². The Kier molecular flexibility index (Phi) is 10.1. The van der Waals surface area contributed by atoms with Crippen LogP contribution in [0.4, 0.5) is 17.2 Å². The number of hydrogen-bond donors (Lipinski definition) is 2. The van der Waals surface area contributed by atoms with Gasteiger partial charge in [-0.2, -0.15) is 0 Å². The first-order valence-electron chi connectivity index (χ1n) is 13.3. The topological polar surface area (TPSA) is 122 Å². The van der Waals surface area contributed by atoms with E-state index < -0.39 is 11.8 Å². The molecule has 10 nitrogen and oxygen atoms in total. The number of likely N-dealkylation sites (tertiary alicyclic amines) is 1. The number of nitrogens with one attached hydrogen (secondary N) is 2. The molecule has 0 unspecified atom stereocenters. The third kappa shape index (κ3) is 7.65. The maximum Gasteiger partial charge on any atom is 0.309 e. The summed E-state index contributed by atoms with van der Waals surface area (Å²) in [5.74, 6) is 1.76. The number of esters is 1. The molecule has 2 amide bonds. The quantitative estimate of drug-likeness (QED) is 0.153. The second kappa shape index (κ2) is 14.1. The molecule has 2 N–H and O–H groups in total. The number of amides is 2. The SMILES string of the molecule is C#Cc1cc(OC)c(NC(=O)c2ccc(N=CN3CCC(C(=O)OCC)CC3)cc2)c(C(=O)Nc2ccc(Cl)cn2)c1. The van der Waals surface area contributed by atoms with Gasteiger partial charge < -0.3 is 25.0 Å². The first-order chi connectivity index (χ1) is 20.3. The molecule has 0 spiro atoms. The van der Waals surface area contributed by atoms with Crippen LogP contribution in [0.3, 0.4) is 0 Å². The molecule has 216 valence electrons. The zero-order valence-electron chi connectivity index (χ0n) is 23.2. The van der Waals surface area contributed by atoms with Gasteiger partial charge in [-0.3, -0.25) is 14.4 Å². The van der Waals surface area contributed by atoms with Gasteiger partial charge in [0.25, 0.3) is 11.8 Å². The van der Waals surface area contributed by atoms with E-state index in [1.807, 2.05) is 0 Å². The number of piperidine rings is 1. The molecule has 1 fully saturated rings. The third-order valence-electron chi connectivity index (χ3n) is 6.59. The molecular weight excluding hydrogens is 558 g/mol. The molecule has 0 radical (unpaired) electrons. The summed E-state index contributed by atoms with van der Waals surface area (Å²) in [6.07, 6.45) is 10.2. The number of ether oxygens (including phenoxy) is 2. The molecule has 0 bridgehead atoms. The molecule has 0 aliphatic carbocycles. The molecule has 4 rings (SSSR count). The van der Waals surface area contributed by atoms with E-state index in [1.165, 1.54) is 19.4 Å². The Bertz CT molecular complexity index is 1510. The van der Waals surface area contributed by atoms with E-state index in [-0.39, 0.29) is 34.7 Å². The monoisotopic (exact) mass is 587 g/mol. The molecule has 0 atom stereocenters. The van der Waals surface area contributed by atoms with E-state index in [0.29, 0.717) is 54.4 Å². The highest BCUT2D eigenvalue weighted by Gasteiger charge is 2.25. The van der Waals surface area contributed by atoms with Crippen molar-refractivity contribution in [2.24, 2.45) is 10.9 Å². The molecule has 1 aliphatic rings. The van der Waals surface area contributed by atoms with E-state index >= 15 is 0 Å². The molecule has 1 aromatic heterocycles. The largest absolute Gasteiger partial charge is 0.495 e. The van der Waals surface area contributed by atoms with Gasteiger partial charge in [-0.05, 0) is 68.3 Å². The lowest BCUT2D eigenvalue weighted by molar-refractivity contribution is -0.149. The zero-order chi connectivity index (χ0) is 30.1. The summed E-state index contributed by atoms with van der Waals surface area (Å²) in [5.41, 5.74) is 1.65. The predicted octanol–water partition coefficient (Wildman–Crippen LogP) is 5.16. The second-order valence-corrected chi connectivity index (χ2v) is 9.81. The Labute approximate surface area is 249 Å². The Morgan fingerprint density at radius 3 is 2.48 bits per heavy atom. The number of carbonyl (C=O) groups excluding carboxylic acids is 3. The lowest BCUT2D eigenvalue weighted by atomic mass is 9.97. The molecular formula is C31H30ClN5O5. The van der Waals surface area contributed by atoms with Crippen molar-refractivity contribution in [3.05, 3.63) is 76.4 Å². The van der Waals surface area contributed by atoms with Crippen molar-refractivity contribution in [1.82, 2.24) is 9.88 Å². The van der Waals surface area contributed by atoms with Gasteiger partial charge in [-0.15, -0.1) is 6.42 Å². The highest BCUT2D eigenvalue weighted by Crippen LogP contribution is 2.32. The maximum atomic E-state index is 13.2. The fraction of sp³-hybridized carbons (Fsp3) is 0.258. The van der Waals surface area contributed by atoms with Gasteiger partial charge >= 0.3 is 5.97 Å². The van der Waals surface area contributed by atoms with E-state index in [2.05, 4.69) is 31.4 Å². The smallest absolute Gasteiger partial charge is 0.309 e. The summed E-state index contributed by atoms with van der Waals surface area (Å²) in [7, 11) is 1.42. The van der Waals surface area contributed by atoms with Crippen LogP contribution in [0.5, 0.6) is 5.75 Å². The molecule has 2 aromatic carbocycles. The minimum Gasteiger partial charge on any atom is -0.495 e. The Morgan fingerprint density at radius 2 is 1.86 bits per heavy atom. The minimum absolute atomic E-state index is 0.0746. The van der Waals surface area contributed by atoms with Gasteiger partial charge in [0.05, 0.1) is 47.9 Å². The number of anilines is 2. The lowest BCUT2D eigenvalue weighted by Crippen LogP contribution is -2.36. The molecule has 1 saturated heterocycles. The fourth-order valence-corrected chi connectivity index (χ4v) is 4.46. The van der Waals surface area contributed by atoms with Crippen LogP contribution in [-0.2, 0) is 9.53 Å². The van der Waals surface area contributed by atoms with Crippen LogP contribution in [-0.4, -0.2) is 60.8 Å². The van der Waals surface area contributed by atoms with Gasteiger partial charge in [-0.25, -0.2) is 9.98 Å². The number of halogens is 1. The number of terminal acetylenes is 1. The lowest BCUT2D eigenvalue weighted by Gasteiger charge is -2.29. The number of aromatic nitrogens is 1. The summed E-state index contributed by atoms with van der Waals surface area (Å²) in [4.78, 5) is 49.0. The number of rotatable bonds is 9. The van der Waals surface area contributed by atoms with Gasteiger partial charge in [0.15, 0.2) is 0 Å². The maximum absolute atomic E-state index is 13.2. The van der Waals surface area contributed by atoms with Crippen molar-refractivity contribution < 1.29 is 23.9 Å². The van der Waals surface area contributed by atoms with Gasteiger partial charge in [-0.1, -0.05) is 17.5 Å². The van der Waals surface area contributed by atoms with Gasteiger partial charge in [0.1, 0.15) is 11.6 Å². The van der Waals surface area contributed by atoms with Crippen LogP contribution < -0.4 is 15.4 Å². The van der Waals surface area contributed by atoms with Crippen molar-refractivity contribution in [1.29, 1.82) is 0 Å². The van der Waals surface area contributed by atoms with Crippen molar-refractivity contribution in [3.63, 3.8) is 0 Å². The fourth-order valence-electron chi connectivity index (χ4n) is 4.34. The van der Waals surface area contributed by atoms with Crippen LogP contribution in [0.2, 0.25) is 5.02 Å². The molecule has 42 heavy (non-hydrogen) atoms. The van der Waals surface area contributed by atoms with Crippen LogP contribution in [0.1, 0.15) is 46.0 Å². The highest BCUT2D eigenvalue weighted by atomic mass is 35.5. The number of nitrogens with zero attached hydrogens (tertiary/aromatic N) is 3. The van der Waals surface area contributed by atoms with Crippen molar-refractivity contribution >= 4 is 52.9 Å². The summed E-state index contributed by atoms with van der Waals surface area (Å²) < 4.78 is 10.6. The Hall–Kier alpha value is -4.88. The third-order valence-corrected chi connectivity index (χ3v) is 6.81.